The molecule has 1 rings (SSSR count). The third-order valence-corrected chi connectivity index (χ3v) is 2.78. The lowest BCUT2D eigenvalue weighted by molar-refractivity contribution is 0.0251. The molecule has 0 bridgehead atoms. The van der Waals surface area contributed by atoms with Gasteiger partial charge in [0.2, 0.25) is 0 Å². The Morgan fingerprint density at radius 1 is 1.00 bits per heavy atom. The summed E-state index contributed by atoms with van der Waals surface area (Å²) in [6.07, 6.45) is 9.36. The van der Waals surface area contributed by atoms with Crippen LogP contribution in [0, 0.1) is 0 Å². The van der Waals surface area contributed by atoms with Crippen molar-refractivity contribution >= 4 is 0 Å². The van der Waals surface area contributed by atoms with Crippen LogP contribution in [0.25, 0.3) is 0 Å². The van der Waals surface area contributed by atoms with Gasteiger partial charge in [-0.3, -0.25) is 0 Å². The van der Waals surface area contributed by atoms with E-state index in [1.807, 2.05) is 0 Å². The van der Waals surface area contributed by atoms with Gasteiger partial charge >= 0.3 is 0 Å². The predicted molar refractivity (Wildman–Crippen MR) is 69.0 cm³/mol. The van der Waals surface area contributed by atoms with Gasteiger partial charge in [-0.25, -0.2) is 0 Å². The van der Waals surface area contributed by atoms with Crippen molar-refractivity contribution in [1.82, 2.24) is 0 Å². The molecule has 0 radical (unpaired) electrons. The minimum atomic E-state index is 0.661. The van der Waals surface area contributed by atoms with Crippen LogP contribution < -0.4 is 0 Å². The molecule has 0 amide bonds. The second-order valence-electron chi connectivity index (χ2n) is 4.34. The Morgan fingerprint density at radius 3 is 2.47 bits per heavy atom. The fraction of sp³-hybridized carbons (Fsp3) is 0.857. The van der Waals surface area contributed by atoms with Crippen LogP contribution in [0.2, 0.25) is 0 Å². The van der Waals surface area contributed by atoms with Gasteiger partial charge in [0.1, 0.15) is 6.61 Å². The molecule has 3 heteroatoms. The van der Waals surface area contributed by atoms with Gasteiger partial charge in [-0.05, 0) is 31.8 Å². The lowest BCUT2D eigenvalue weighted by atomic mass is 10.1. The molecule has 0 aromatic rings. The van der Waals surface area contributed by atoms with E-state index >= 15 is 0 Å². The van der Waals surface area contributed by atoms with E-state index in [9.17, 15) is 0 Å². The summed E-state index contributed by atoms with van der Waals surface area (Å²) in [5.41, 5.74) is 0. The van der Waals surface area contributed by atoms with E-state index in [0.717, 1.165) is 25.2 Å². The minimum Gasteiger partial charge on any atom is -0.496 e. The number of unbranched alkanes of at least 4 members (excludes halogenated alkanes) is 1. The van der Waals surface area contributed by atoms with E-state index in [2.05, 4.69) is 13.0 Å². The fourth-order valence-corrected chi connectivity index (χ4v) is 1.74. The molecule has 0 aliphatic heterocycles. The molecule has 0 heterocycles. The van der Waals surface area contributed by atoms with Crippen molar-refractivity contribution in [2.45, 2.75) is 45.4 Å². The molecule has 0 saturated heterocycles. The monoisotopic (exact) mass is 242 g/mol. The molecule has 0 spiro atoms. The predicted octanol–water partition coefficient (Wildman–Crippen LogP) is 3.29. The molecule has 0 unspecified atom stereocenters. The minimum absolute atomic E-state index is 0.661. The zero-order valence-electron chi connectivity index (χ0n) is 11.1. The Labute approximate surface area is 105 Å². The van der Waals surface area contributed by atoms with Crippen LogP contribution in [-0.2, 0) is 14.2 Å². The highest BCUT2D eigenvalue weighted by Gasteiger charge is 2.03. The van der Waals surface area contributed by atoms with Crippen molar-refractivity contribution in [3.8, 4) is 0 Å². The van der Waals surface area contributed by atoms with Crippen LogP contribution >= 0.6 is 0 Å². The van der Waals surface area contributed by atoms with Crippen molar-refractivity contribution < 1.29 is 14.2 Å². The van der Waals surface area contributed by atoms with E-state index in [1.165, 1.54) is 25.7 Å². The lowest BCUT2D eigenvalue weighted by Crippen LogP contribution is -2.10. The van der Waals surface area contributed by atoms with Crippen molar-refractivity contribution in [1.29, 1.82) is 0 Å². The van der Waals surface area contributed by atoms with Gasteiger partial charge in [0.05, 0.1) is 25.6 Å². The molecule has 0 N–H and O–H groups in total. The van der Waals surface area contributed by atoms with Crippen LogP contribution in [0.3, 0.4) is 0 Å². The van der Waals surface area contributed by atoms with Gasteiger partial charge in [0.25, 0.3) is 0 Å². The Balaban J connectivity index is 1.79. The van der Waals surface area contributed by atoms with Gasteiger partial charge in [0.15, 0.2) is 0 Å². The number of hydrogen-bond donors (Lipinski definition) is 0. The Morgan fingerprint density at radius 2 is 1.76 bits per heavy atom. The molecule has 1 aliphatic carbocycles. The molecule has 17 heavy (non-hydrogen) atoms. The Bertz CT molecular complexity index is 202. The first kappa shape index (κ1) is 14.5. The van der Waals surface area contributed by atoms with Crippen molar-refractivity contribution in [3.05, 3.63) is 11.8 Å². The topological polar surface area (TPSA) is 27.7 Å². The van der Waals surface area contributed by atoms with Crippen LogP contribution in [0.1, 0.15) is 45.4 Å². The zero-order chi connectivity index (χ0) is 12.2. The average Bonchev–Trinajstić information content (AvgIpc) is 2.38. The first-order valence-electron chi connectivity index (χ1n) is 6.91. The van der Waals surface area contributed by atoms with Gasteiger partial charge in [-0.2, -0.15) is 0 Å². The molecule has 1 aliphatic rings. The van der Waals surface area contributed by atoms with Gasteiger partial charge in [0, 0.05) is 13.0 Å². The van der Waals surface area contributed by atoms with Crippen LogP contribution in [-0.4, -0.2) is 33.0 Å². The number of rotatable bonds is 10. The molecule has 0 fully saturated rings. The van der Waals surface area contributed by atoms with Gasteiger partial charge < -0.3 is 14.2 Å². The lowest BCUT2D eigenvalue weighted by Gasteiger charge is -2.14. The molecule has 0 atom stereocenters. The first-order valence-corrected chi connectivity index (χ1v) is 6.91. The maximum absolute atomic E-state index is 5.62. The van der Waals surface area contributed by atoms with Crippen molar-refractivity contribution in [2.24, 2.45) is 0 Å². The number of allylic oxidation sites excluding steroid dienone is 2. The largest absolute Gasteiger partial charge is 0.496 e. The second-order valence-corrected chi connectivity index (χ2v) is 4.34. The fourth-order valence-electron chi connectivity index (χ4n) is 1.74. The third-order valence-electron chi connectivity index (χ3n) is 2.78. The summed E-state index contributed by atoms with van der Waals surface area (Å²) in [4.78, 5) is 0. The summed E-state index contributed by atoms with van der Waals surface area (Å²) in [5.74, 6) is 1.15. The standard InChI is InChI=1S/C14H26O3/c1-2-3-9-15-10-11-16-12-13-17-14-7-5-4-6-8-14/h7H,2-6,8-13H2,1H3. The molecular formula is C14H26O3. The molecule has 0 aromatic carbocycles. The maximum atomic E-state index is 5.62. The molecular weight excluding hydrogens is 216 g/mol. The van der Waals surface area contributed by atoms with E-state index in [-0.39, 0.29) is 0 Å². The highest BCUT2D eigenvalue weighted by molar-refractivity contribution is 4.96. The third kappa shape index (κ3) is 8.22. The molecule has 3 nitrogen and oxygen atoms in total. The van der Waals surface area contributed by atoms with Crippen molar-refractivity contribution in [3.63, 3.8) is 0 Å². The zero-order valence-corrected chi connectivity index (χ0v) is 11.1. The van der Waals surface area contributed by atoms with Crippen LogP contribution in [0.4, 0.5) is 0 Å². The quantitative estimate of drug-likeness (QED) is 0.550. The summed E-state index contributed by atoms with van der Waals surface area (Å²) < 4.78 is 16.4. The first-order chi connectivity index (χ1) is 8.43. The average molecular weight is 242 g/mol. The van der Waals surface area contributed by atoms with Crippen LogP contribution in [0.5, 0.6) is 0 Å². The van der Waals surface area contributed by atoms with E-state index in [1.54, 1.807) is 0 Å². The summed E-state index contributed by atoms with van der Waals surface area (Å²) in [5, 5.41) is 0. The smallest absolute Gasteiger partial charge is 0.111 e. The number of ether oxygens (including phenoxy) is 3. The Kier molecular flexibility index (Phi) is 9.06. The molecule has 0 saturated carbocycles. The molecule has 100 valence electrons. The SMILES string of the molecule is CCCCOCCOCCOC1=CCCCC1. The van der Waals surface area contributed by atoms with Gasteiger partial charge in [-0.15, -0.1) is 0 Å². The summed E-state index contributed by atoms with van der Waals surface area (Å²) >= 11 is 0. The van der Waals surface area contributed by atoms with Gasteiger partial charge in [-0.1, -0.05) is 13.3 Å². The summed E-state index contributed by atoms with van der Waals surface area (Å²) in [6, 6.07) is 0. The highest BCUT2D eigenvalue weighted by atomic mass is 16.5. The van der Waals surface area contributed by atoms with Crippen molar-refractivity contribution in [2.75, 3.05) is 33.0 Å². The van der Waals surface area contributed by atoms with Crippen LogP contribution in [0.15, 0.2) is 11.8 Å². The maximum Gasteiger partial charge on any atom is 0.111 e. The van der Waals surface area contributed by atoms with E-state index in [0.29, 0.717) is 26.4 Å². The molecule has 0 aromatic heterocycles. The summed E-state index contributed by atoms with van der Waals surface area (Å²) in [6.45, 7) is 5.71. The highest BCUT2D eigenvalue weighted by Crippen LogP contribution is 2.17. The van der Waals surface area contributed by atoms with E-state index < -0.39 is 0 Å². The normalized spacial score (nSPS) is 15.7. The number of hydrogen-bond acceptors (Lipinski definition) is 3. The van der Waals surface area contributed by atoms with E-state index in [4.69, 9.17) is 14.2 Å². The summed E-state index contributed by atoms with van der Waals surface area (Å²) in [7, 11) is 0. The second kappa shape index (κ2) is 10.6. The Hall–Kier alpha value is -0.540.